The van der Waals surface area contributed by atoms with Crippen LogP contribution in [0.25, 0.3) is 22.0 Å². The molecule has 28 heavy (non-hydrogen) atoms. The molecule has 4 aromatic rings. The van der Waals surface area contributed by atoms with Gasteiger partial charge in [-0.1, -0.05) is 18.2 Å². The van der Waals surface area contributed by atoms with Gasteiger partial charge in [0.2, 0.25) is 0 Å². The molecule has 140 valence electrons. The summed E-state index contributed by atoms with van der Waals surface area (Å²) >= 11 is 0. The Morgan fingerprint density at radius 3 is 2.64 bits per heavy atom. The van der Waals surface area contributed by atoms with E-state index in [0.717, 1.165) is 40.6 Å². The van der Waals surface area contributed by atoms with E-state index in [1.165, 1.54) is 17.5 Å². The van der Waals surface area contributed by atoms with Crippen LogP contribution in [0, 0.1) is 6.92 Å². The Kier molecular flexibility index (Phi) is 3.86. The molecule has 1 aliphatic carbocycles. The fourth-order valence-corrected chi connectivity index (χ4v) is 4.52. The quantitative estimate of drug-likeness (QED) is 0.556. The van der Waals surface area contributed by atoms with Gasteiger partial charge in [0, 0.05) is 39.5 Å². The molecule has 2 heterocycles. The third kappa shape index (κ3) is 2.56. The number of aromatic hydroxyl groups is 1. The van der Waals surface area contributed by atoms with E-state index in [4.69, 9.17) is 0 Å². The number of para-hydroxylation sites is 1. The van der Waals surface area contributed by atoms with Gasteiger partial charge >= 0.3 is 0 Å². The summed E-state index contributed by atoms with van der Waals surface area (Å²) in [5.74, 6) is 0.295. The largest absolute Gasteiger partial charge is 0.508 e. The molecule has 2 aromatic carbocycles. The minimum Gasteiger partial charge on any atom is -0.508 e. The van der Waals surface area contributed by atoms with Gasteiger partial charge in [-0.25, -0.2) is 0 Å². The van der Waals surface area contributed by atoms with Crippen LogP contribution in [0.1, 0.15) is 28.8 Å². The molecule has 0 radical (unpaired) electrons. The lowest BCUT2D eigenvalue weighted by atomic mass is 10.0. The van der Waals surface area contributed by atoms with Crippen molar-refractivity contribution < 1.29 is 5.11 Å². The molecular weight excluding hydrogens is 348 g/mol. The zero-order valence-electron chi connectivity index (χ0n) is 15.8. The highest BCUT2D eigenvalue weighted by Crippen LogP contribution is 2.37. The normalized spacial score (nSPS) is 13.2. The zero-order valence-corrected chi connectivity index (χ0v) is 15.8. The van der Waals surface area contributed by atoms with Crippen LogP contribution in [0.3, 0.4) is 0 Å². The molecule has 0 fully saturated rings. The molecule has 0 aliphatic heterocycles. The minimum atomic E-state index is -0.0762. The van der Waals surface area contributed by atoms with Gasteiger partial charge in [-0.2, -0.15) is 0 Å². The first-order chi connectivity index (χ1) is 13.6. The van der Waals surface area contributed by atoms with Crippen molar-refractivity contribution in [2.24, 2.45) is 0 Å². The standard InChI is InChI=1S/C24H22N2O2/c1-15-23(19-9-5-11-25-24(19)28)20-12-16-7-4-8-17(16)13-21(20)26(15)14-18-6-2-3-10-22(18)27/h2-3,5-6,9-13,27H,4,7-8,14H2,1H3,(H,25,28). The highest BCUT2D eigenvalue weighted by Gasteiger charge is 2.21. The molecular formula is C24H22N2O2. The summed E-state index contributed by atoms with van der Waals surface area (Å²) in [5, 5.41) is 11.4. The van der Waals surface area contributed by atoms with Gasteiger partial charge < -0.3 is 14.7 Å². The van der Waals surface area contributed by atoms with Crippen LogP contribution in [-0.2, 0) is 19.4 Å². The lowest BCUT2D eigenvalue weighted by Gasteiger charge is -2.11. The number of nitrogens with zero attached hydrogens (tertiary/aromatic N) is 1. The second kappa shape index (κ2) is 6.41. The second-order valence-corrected chi connectivity index (χ2v) is 7.58. The fourth-order valence-electron chi connectivity index (χ4n) is 4.52. The van der Waals surface area contributed by atoms with E-state index in [1.807, 2.05) is 30.3 Å². The van der Waals surface area contributed by atoms with E-state index >= 15 is 0 Å². The number of aryl methyl sites for hydroxylation is 2. The summed E-state index contributed by atoms with van der Waals surface area (Å²) in [7, 11) is 0. The van der Waals surface area contributed by atoms with Crippen molar-refractivity contribution in [2.45, 2.75) is 32.7 Å². The molecule has 4 heteroatoms. The summed E-state index contributed by atoms with van der Waals surface area (Å²) in [6.07, 6.45) is 5.05. The van der Waals surface area contributed by atoms with Crippen molar-refractivity contribution in [3.63, 3.8) is 0 Å². The number of aromatic amines is 1. The SMILES string of the molecule is Cc1c(-c2ccc[nH]c2=O)c2cc3c(cc2n1Cc1ccccc1O)CCC3. The predicted molar refractivity (Wildman–Crippen MR) is 112 cm³/mol. The number of aromatic nitrogens is 2. The maximum atomic E-state index is 12.6. The van der Waals surface area contributed by atoms with E-state index in [2.05, 4.69) is 28.6 Å². The summed E-state index contributed by atoms with van der Waals surface area (Å²) < 4.78 is 2.23. The van der Waals surface area contributed by atoms with Gasteiger partial charge in [-0.05, 0) is 67.6 Å². The number of benzene rings is 2. The Morgan fingerprint density at radius 1 is 1.07 bits per heavy atom. The smallest absolute Gasteiger partial charge is 0.255 e. The number of pyridine rings is 1. The van der Waals surface area contributed by atoms with Gasteiger partial charge in [-0.15, -0.1) is 0 Å². The Labute approximate surface area is 163 Å². The Hall–Kier alpha value is -3.27. The van der Waals surface area contributed by atoms with Crippen LogP contribution in [-0.4, -0.2) is 14.7 Å². The summed E-state index contributed by atoms with van der Waals surface area (Å²) in [4.78, 5) is 15.4. The molecule has 2 aromatic heterocycles. The van der Waals surface area contributed by atoms with Crippen molar-refractivity contribution >= 4 is 10.9 Å². The number of phenols is 1. The number of phenolic OH excluding ortho intramolecular Hbond substituents is 1. The average Bonchev–Trinajstić information content (AvgIpc) is 3.25. The third-order valence-corrected chi connectivity index (χ3v) is 5.94. The lowest BCUT2D eigenvalue weighted by molar-refractivity contribution is 0.466. The first-order valence-corrected chi connectivity index (χ1v) is 9.73. The van der Waals surface area contributed by atoms with Crippen molar-refractivity contribution in [1.29, 1.82) is 0 Å². The van der Waals surface area contributed by atoms with E-state index < -0.39 is 0 Å². The number of nitrogens with one attached hydrogen (secondary N) is 1. The second-order valence-electron chi connectivity index (χ2n) is 7.58. The number of H-pyrrole nitrogens is 1. The fraction of sp³-hybridized carbons (Fsp3) is 0.208. The first kappa shape index (κ1) is 16.9. The van der Waals surface area contributed by atoms with Gasteiger partial charge in [0.25, 0.3) is 5.56 Å². The maximum absolute atomic E-state index is 12.6. The number of rotatable bonds is 3. The average molecular weight is 370 g/mol. The molecule has 0 amide bonds. The van der Waals surface area contributed by atoms with Crippen LogP contribution in [0.15, 0.2) is 59.5 Å². The Morgan fingerprint density at radius 2 is 1.86 bits per heavy atom. The summed E-state index contributed by atoms with van der Waals surface area (Å²) in [5.41, 5.74) is 7.43. The highest BCUT2D eigenvalue weighted by molar-refractivity contribution is 5.99. The van der Waals surface area contributed by atoms with E-state index in [0.29, 0.717) is 17.9 Å². The summed E-state index contributed by atoms with van der Waals surface area (Å²) in [6, 6.07) is 15.8. The molecule has 0 bridgehead atoms. The van der Waals surface area contributed by atoms with Crippen molar-refractivity contribution in [1.82, 2.24) is 9.55 Å². The molecule has 0 saturated heterocycles. The number of fused-ring (bicyclic) bond motifs is 2. The molecule has 0 unspecified atom stereocenters. The minimum absolute atomic E-state index is 0.0762. The molecule has 0 atom stereocenters. The van der Waals surface area contributed by atoms with Crippen molar-refractivity contribution in [2.75, 3.05) is 0 Å². The van der Waals surface area contributed by atoms with E-state index in [9.17, 15) is 9.90 Å². The van der Waals surface area contributed by atoms with Gasteiger partial charge in [0.15, 0.2) is 0 Å². The van der Waals surface area contributed by atoms with E-state index in [-0.39, 0.29) is 5.56 Å². The Bertz CT molecular complexity index is 1260. The van der Waals surface area contributed by atoms with Crippen molar-refractivity contribution in [3.05, 3.63) is 87.5 Å². The Balaban J connectivity index is 1.81. The first-order valence-electron chi connectivity index (χ1n) is 9.73. The molecule has 2 N–H and O–H groups in total. The monoisotopic (exact) mass is 370 g/mol. The van der Waals surface area contributed by atoms with E-state index in [1.54, 1.807) is 12.3 Å². The van der Waals surface area contributed by atoms with Gasteiger partial charge in [0.05, 0.1) is 6.54 Å². The van der Waals surface area contributed by atoms with Gasteiger partial charge in [-0.3, -0.25) is 4.79 Å². The van der Waals surface area contributed by atoms with Crippen LogP contribution < -0.4 is 5.56 Å². The van der Waals surface area contributed by atoms with Crippen LogP contribution in [0.4, 0.5) is 0 Å². The van der Waals surface area contributed by atoms with Crippen LogP contribution >= 0.6 is 0 Å². The van der Waals surface area contributed by atoms with Crippen molar-refractivity contribution in [3.8, 4) is 16.9 Å². The zero-order chi connectivity index (χ0) is 19.3. The molecule has 0 saturated carbocycles. The number of hydrogen-bond donors (Lipinski definition) is 2. The molecule has 5 rings (SSSR count). The van der Waals surface area contributed by atoms with Gasteiger partial charge in [0.1, 0.15) is 5.75 Å². The summed E-state index contributed by atoms with van der Waals surface area (Å²) in [6.45, 7) is 2.63. The molecule has 4 nitrogen and oxygen atoms in total. The highest BCUT2D eigenvalue weighted by atomic mass is 16.3. The van der Waals surface area contributed by atoms with Crippen LogP contribution in [0.5, 0.6) is 5.75 Å². The third-order valence-electron chi connectivity index (χ3n) is 5.94. The maximum Gasteiger partial charge on any atom is 0.255 e. The molecule has 0 spiro atoms. The topological polar surface area (TPSA) is 58.0 Å². The van der Waals surface area contributed by atoms with Crippen LogP contribution in [0.2, 0.25) is 0 Å². The predicted octanol–water partition coefficient (Wildman–Crippen LogP) is 4.55. The number of hydrogen-bond acceptors (Lipinski definition) is 2. The lowest BCUT2D eigenvalue weighted by Crippen LogP contribution is -2.08. The molecule has 1 aliphatic rings.